The molecule has 9 aromatic rings. The molecule has 0 spiro atoms. The van der Waals surface area contributed by atoms with Crippen molar-refractivity contribution < 1.29 is 9.15 Å². The molecule has 0 bridgehead atoms. The maximum Gasteiger partial charge on any atom is 0.143 e. The first kappa shape index (κ1) is 30.2. The molecule has 3 heterocycles. The minimum atomic E-state index is -0.106. The summed E-state index contributed by atoms with van der Waals surface area (Å²) in [5, 5.41) is 4.71. The lowest BCUT2D eigenvalue weighted by molar-refractivity contribution is 0.245. The van der Waals surface area contributed by atoms with Crippen molar-refractivity contribution in [1.29, 1.82) is 0 Å². The van der Waals surface area contributed by atoms with Gasteiger partial charge in [0.1, 0.15) is 23.0 Å². The highest BCUT2D eigenvalue weighted by Gasteiger charge is 2.37. The van der Waals surface area contributed by atoms with E-state index in [0.29, 0.717) is 5.92 Å². The molecule has 7 aromatic carbocycles. The van der Waals surface area contributed by atoms with E-state index in [1.54, 1.807) is 0 Å². The number of hydrogen-bond donors (Lipinski definition) is 0. The first-order valence-corrected chi connectivity index (χ1v) is 19.2. The molecular formula is C51H37NO2. The minimum Gasteiger partial charge on any atom is -0.485 e. The number of hydrogen-bond acceptors (Lipinski definition) is 2. The van der Waals surface area contributed by atoms with Gasteiger partial charge >= 0.3 is 0 Å². The van der Waals surface area contributed by atoms with E-state index in [0.717, 1.165) is 62.9 Å². The number of benzene rings is 7. The van der Waals surface area contributed by atoms with Crippen LogP contribution in [-0.4, -0.2) is 10.7 Å². The van der Waals surface area contributed by atoms with Crippen LogP contribution in [0.15, 0.2) is 156 Å². The van der Waals surface area contributed by atoms with E-state index in [9.17, 15) is 0 Å². The largest absolute Gasteiger partial charge is 0.485 e. The highest BCUT2D eigenvalue weighted by atomic mass is 16.5. The second-order valence-electron chi connectivity index (χ2n) is 15.9. The molecule has 0 fully saturated rings. The maximum absolute atomic E-state index is 6.75. The van der Waals surface area contributed by atoms with E-state index in [2.05, 4.69) is 170 Å². The van der Waals surface area contributed by atoms with Crippen molar-refractivity contribution in [1.82, 2.24) is 4.57 Å². The minimum absolute atomic E-state index is 0.106. The van der Waals surface area contributed by atoms with Crippen molar-refractivity contribution in [2.24, 2.45) is 0 Å². The van der Waals surface area contributed by atoms with E-state index in [4.69, 9.17) is 9.15 Å². The summed E-state index contributed by atoms with van der Waals surface area (Å²) in [6.45, 7) is 4.70. The normalized spacial score (nSPS) is 17.9. The zero-order chi connectivity index (χ0) is 35.7. The van der Waals surface area contributed by atoms with Gasteiger partial charge in [0.25, 0.3) is 0 Å². The molecule has 3 heteroatoms. The molecule has 3 aliphatic rings. The Morgan fingerprint density at radius 1 is 0.593 bits per heavy atom. The molecule has 12 rings (SSSR count). The number of para-hydroxylation sites is 3. The van der Waals surface area contributed by atoms with E-state index < -0.39 is 0 Å². The SMILES string of the molecule is CC1(C)c2ccccc2-c2ccc(-c3cc(-n4c5ccccc5c5ccc(-c6cccc7c6OC6C=CCCC76)cc54)cc4c3oc3ccccc34)cc21. The van der Waals surface area contributed by atoms with E-state index in [1.807, 2.05) is 0 Å². The second kappa shape index (κ2) is 10.9. The first-order valence-electron chi connectivity index (χ1n) is 19.2. The molecule has 0 N–H and O–H groups in total. The molecule has 0 radical (unpaired) electrons. The number of aromatic nitrogens is 1. The molecule has 2 atom stereocenters. The Labute approximate surface area is 313 Å². The lowest BCUT2D eigenvalue weighted by atomic mass is 9.81. The Kier molecular flexibility index (Phi) is 6.07. The van der Waals surface area contributed by atoms with Crippen molar-refractivity contribution in [3.05, 3.63) is 168 Å². The molecule has 1 aliphatic heterocycles. The number of furan rings is 1. The Balaban J connectivity index is 1.11. The van der Waals surface area contributed by atoms with Gasteiger partial charge in [-0.05, 0) is 88.7 Å². The fraction of sp³-hybridized carbons (Fsp3) is 0.137. The summed E-state index contributed by atoms with van der Waals surface area (Å²) in [6, 6.07) is 51.4. The smallest absolute Gasteiger partial charge is 0.143 e. The zero-order valence-electron chi connectivity index (χ0n) is 30.3. The van der Waals surface area contributed by atoms with Crippen LogP contribution < -0.4 is 4.74 Å². The van der Waals surface area contributed by atoms with Crippen LogP contribution in [0.5, 0.6) is 5.75 Å². The van der Waals surface area contributed by atoms with Gasteiger partial charge < -0.3 is 13.7 Å². The summed E-state index contributed by atoms with van der Waals surface area (Å²) >= 11 is 0. The van der Waals surface area contributed by atoms with Gasteiger partial charge in [0.2, 0.25) is 0 Å². The zero-order valence-corrected chi connectivity index (χ0v) is 30.3. The van der Waals surface area contributed by atoms with Crippen molar-refractivity contribution in [2.45, 2.75) is 44.1 Å². The van der Waals surface area contributed by atoms with E-state index >= 15 is 0 Å². The number of nitrogens with zero attached hydrogens (tertiary/aromatic N) is 1. The van der Waals surface area contributed by atoms with Crippen molar-refractivity contribution >= 4 is 43.7 Å². The summed E-state index contributed by atoms with van der Waals surface area (Å²) in [5.74, 6) is 1.46. The summed E-state index contributed by atoms with van der Waals surface area (Å²) in [5.41, 5.74) is 16.5. The quantitative estimate of drug-likeness (QED) is 0.172. The van der Waals surface area contributed by atoms with Gasteiger partial charge in [-0.25, -0.2) is 0 Å². The van der Waals surface area contributed by atoms with Gasteiger partial charge in [-0.15, -0.1) is 0 Å². The Morgan fingerprint density at radius 3 is 2.30 bits per heavy atom. The molecule has 2 unspecified atom stereocenters. The molecule has 258 valence electrons. The Bertz CT molecular complexity index is 3080. The molecule has 54 heavy (non-hydrogen) atoms. The second-order valence-corrected chi connectivity index (χ2v) is 15.9. The highest BCUT2D eigenvalue weighted by Crippen LogP contribution is 2.51. The summed E-state index contributed by atoms with van der Waals surface area (Å²) in [6.07, 6.45) is 6.89. The van der Waals surface area contributed by atoms with Crippen molar-refractivity contribution in [3.8, 4) is 44.8 Å². The predicted octanol–water partition coefficient (Wildman–Crippen LogP) is 13.5. The topological polar surface area (TPSA) is 27.3 Å². The van der Waals surface area contributed by atoms with E-state index in [1.165, 1.54) is 55.2 Å². The predicted molar refractivity (Wildman–Crippen MR) is 222 cm³/mol. The average Bonchev–Trinajstić information content (AvgIpc) is 3.94. The fourth-order valence-corrected chi connectivity index (χ4v) is 10.0. The molecule has 0 saturated carbocycles. The Morgan fingerprint density at radius 2 is 1.35 bits per heavy atom. The lowest BCUT2D eigenvalue weighted by Crippen LogP contribution is -2.18. The van der Waals surface area contributed by atoms with Crippen molar-refractivity contribution in [3.63, 3.8) is 0 Å². The highest BCUT2D eigenvalue weighted by molar-refractivity contribution is 6.13. The standard InChI is InChI=1S/C51H37NO2/c1-51(2)43-18-7-3-12-34(43)35-24-22-30(26-44(35)51)41-28-32(29-42-39-15-6-10-21-48(39)54-50(41)42)52-45-19-8-4-13-36(45)37-25-23-31(27-46(37)52)33-16-11-17-40-38-14-5-9-20-47(38)53-49(33)40/h3-4,6-13,15-29,38,47H,5,14H2,1-2H3. The molecule has 2 aromatic heterocycles. The Hall–Kier alpha value is -6.32. The maximum atomic E-state index is 6.75. The average molecular weight is 696 g/mol. The van der Waals surface area contributed by atoms with Gasteiger partial charge in [-0.2, -0.15) is 0 Å². The van der Waals surface area contributed by atoms with Crippen LogP contribution in [0.2, 0.25) is 0 Å². The van der Waals surface area contributed by atoms with Crippen LogP contribution in [0.25, 0.3) is 82.8 Å². The third kappa shape index (κ3) is 4.07. The van der Waals surface area contributed by atoms with Gasteiger partial charge in [-0.1, -0.05) is 123 Å². The molecule has 3 nitrogen and oxygen atoms in total. The summed E-state index contributed by atoms with van der Waals surface area (Å²) in [7, 11) is 0. The number of fused-ring (bicyclic) bond motifs is 12. The van der Waals surface area contributed by atoms with Gasteiger partial charge in [-0.3, -0.25) is 0 Å². The lowest BCUT2D eigenvalue weighted by Gasteiger charge is -2.22. The number of ether oxygens (including phenoxy) is 1. The van der Waals surface area contributed by atoms with E-state index in [-0.39, 0.29) is 11.5 Å². The molecular weight excluding hydrogens is 659 g/mol. The summed E-state index contributed by atoms with van der Waals surface area (Å²) in [4.78, 5) is 0. The third-order valence-corrected chi connectivity index (χ3v) is 12.7. The first-order chi connectivity index (χ1) is 26.5. The fourth-order valence-electron chi connectivity index (χ4n) is 10.0. The van der Waals surface area contributed by atoms with Gasteiger partial charge in [0.15, 0.2) is 0 Å². The van der Waals surface area contributed by atoms with Crippen LogP contribution in [0.3, 0.4) is 0 Å². The molecule has 2 aliphatic carbocycles. The summed E-state index contributed by atoms with van der Waals surface area (Å²) < 4.78 is 15.9. The number of rotatable bonds is 3. The third-order valence-electron chi connectivity index (χ3n) is 12.7. The van der Waals surface area contributed by atoms with Crippen LogP contribution in [0, 0.1) is 0 Å². The molecule has 0 saturated heterocycles. The van der Waals surface area contributed by atoms with Crippen LogP contribution >= 0.6 is 0 Å². The monoisotopic (exact) mass is 695 g/mol. The van der Waals surface area contributed by atoms with Crippen LogP contribution in [0.1, 0.15) is 49.3 Å². The van der Waals surface area contributed by atoms with Crippen LogP contribution in [-0.2, 0) is 5.41 Å². The van der Waals surface area contributed by atoms with Crippen molar-refractivity contribution in [2.75, 3.05) is 0 Å². The molecule has 0 amide bonds. The van der Waals surface area contributed by atoms with Crippen LogP contribution in [0.4, 0.5) is 0 Å². The van der Waals surface area contributed by atoms with Gasteiger partial charge in [0, 0.05) is 55.3 Å². The van der Waals surface area contributed by atoms with Gasteiger partial charge in [0.05, 0.1) is 11.0 Å². The number of allylic oxidation sites excluding steroid dienone is 1.